The van der Waals surface area contributed by atoms with Gasteiger partial charge in [-0.05, 0) is 42.7 Å². The topological polar surface area (TPSA) is 9.23 Å². The molecule has 0 heterocycles. The Labute approximate surface area is 80.5 Å². The van der Waals surface area contributed by atoms with E-state index in [4.69, 9.17) is 4.74 Å². The average molecular weight is 178 g/mol. The van der Waals surface area contributed by atoms with E-state index >= 15 is 0 Å². The van der Waals surface area contributed by atoms with Gasteiger partial charge in [-0.2, -0.15) is 0 Å². The smallest absolute Gasteiger partial charge is 0.0958 e. The van der Waals surface area contributed by atoms with Crippen LogP contribution in [0.3, 0.4) is 0 Å². The number of methoxy groups -OCH3 is 1. The molecule has 0 N–H and O–H groups in total. The summed E-state index contributed by atoms with van der Waals surface area (Å²) < 4.78 is 5.29. The molecule has 0 aromatic carbocycles. The van der Waals surface area contributed by atoms with Gasteiger partial charge in [-0.15, -0.1) is 0 Å². The van der Waals surface area contributed by atoms with E-state index < -0.39 is 0 Å². The lowest BCUT2D eigenvalue weighted by Crippen LogP contribution is -2.17. The molecule has 2 atom stereocenters. The van der Waals surface area contributed by atoms with E-state index in [1.54, 1.807) is 7.11 Å². The van der Waals surface area contributed by atoms with Crippen molar-refractivity contribution in [3.63, 3.8) is 0 Å². The summed E-state index contributed by atoms with van der Waals surface area (Å²) in [6.07, 6.45) is 9.69. The van der Waals surface area contributed by atoms with Gasteiger partial charge in [-0.1, -0.05) is 13.0 Å². The van der Waals surface area contributed by atoms with Gasteiger partial charge in [0, 0.05) is 6.42 Å². The average Bonchev–Trinajstić information content (AvgIpc) is 2.17. The Hall–Kier alpha value is -0.720. The first kappa shape index (κ1) is 8.86. The number of allylic oxidation sites excluding steroid dienone is 4. The van der Waals surface area contributed by atoms with Crippen LogP contribution in [0.5, 0.6) is 0 Å². The zero-order valence-electron chi connectivity index (χ0n) is 8.55. The van der Waals surface area contributed by atoms with Crippen LogP contribution >= 0.6 is 0 Å². The number of ether oxygens (including phenoxy) is 1. The van der Waals surface area contributed by atoms with Gasteiger partial charge in [0.1, 0.15) is 0 Å². The van der Waals surface area contributed by atoms with Crippen LogP contribution in [0.25, 0.3) is 0 Å². The first-order valence-corrected chi connectivity index (χ1v) is 5.24. The molecule has 13 heavy (non-hydrogen) atoms. The van der Waals surface area contributed by atoms with Gasteiger partial charge in [0.2, 0.25) is 0 Å². The molecular formula is C12H18O. The Morgan fingerprint density at radius 2 is 2.31 bits per heavy atom. The molecular weight excluding hydrogens is 160 g/mol. The molecule has 0 saturated heterocycles. The van der Waals surface area contributed by atoms with Crippen LogP contribution in [0.4, 0.5) is 0 Å². The molecule has 0 fully saturated rings. The highest BCUT2D eigenvalue weighted by Gasteiger charge is 2.24. The molecule has 72 valence electrons. The fraction of sp³-hybridized carbons (Fsp3) is 0.667. The van der Waals surface area contributed by atoms with Gasteiger partial charge in [0.05, 0.1) is 12.9 Å². The van der Waals surface area contributed by atoms with Crippen LogP contribution in [-0.2, 0) is 4.74 Å². The standard InChI is InChI=1S/C12H18O/c1-9-3-4-11-8-12(13-2)6-5-10(11)7-9/h4,8-10H,3,5-7H2,1-2H3/t9?,10-/m0/s1. The molecule has 0 amide bonds. The predicted molar refractivity (Wildman–Crippen MR) is 54.3 cm³/mol. The molecule has 2 aliphatic rings. The van der Waals surface area contributed by atoms with Crippen molar-refractivity contribution < 1.29 is 4.74 Å². The third-order valence-electron chi connectivity index (χ3n) is 3.24. The summed E-state index contributed by atoms with van der Waals surface area (Å²) in [5.74, 6) is 2.87. The molecule has 0 radical (unpaired) electrons. The maximum absolute atomic E-state index is 5.29. The van der Waals surface area contributed by atoms with Crippen LogP contribution in [-0.4, -0.2) is 7.11 Å². The van der Waals surface area contributed by atoms with Gasteiger partial charge in [0.25, 0.3) is 0 Å². The molecule has 0 bridgehead atoms. The van der Waals surface area contributed by atoms with Crippen LogP contribution in [0, 0.1) is 11.8 Å². The lowest BCUT2D eigenvalue weighted by atomic mass is 9.77. The molecule has 0 aromatic heterocycles. The van der Waals surface area contributed by atoms with Crippen LogP contribution in [0.15, 0.2) is 23.5 Å². The van der Waals surface area contributed by atoms with Crippen molar-refractivity contribution in [2.24, 2.45) is 11.8 Å². The highest BCUT2D eigenvalue weighted by molar-refractivity contribution is 5.29. The Balaban J connectivity index is 2.17. The quantitative estimate of drug-likeness (QED) is 0.598. The second-order valence-corrected chi connectivity index (χ2v) is 4.33. The summed E-state index contributed by atoms with van der Waals surface area (Å²) in [6.45, 7) is 2.35. The third kappa shape index (κ3) is 1.79. The summed E-state index contributed by atoms with van der Waals surface area (Å²) in [5.41, 5.74) is 1.53. The predicted octanol–water partition coefficient (Wildman–Crippen LogP) is 3.28. The number of hydrogen-bond acceptors (Lipinski definition) is 1. The van der Waals surface area contributed by atoms with E-state index in [1.165, 1.54) is 24.8 Å². The Kier molecular flexibility index (Phi) is 2.43. The van der Waals surface area contributed by atoms with Crippen molar-refractivity contribution in [2.45, 2.75) is 32.6 Å². The van der Waals surface area contributed by atoms with Gasteiger partial charge in [0.15, 0.2) is 0 Å². The third-order valence-corrected chi connectivity index (χ3v) is 3.24. The van der Waals surface area contributed by atoms with E-state index in [0.29, 0.717) is 0 Å². The van der Waals surface area contributed by atoms with Crippen molar-refractivity contribution >= 4 is 0 Å². The largest absolute Gasteiger partial charge is 0.501 e. The lowest BCUT2D eigenvalue weighted by molar-refractivity contribution is 0.255. The first-order chi connectivity index (χ1) is 6.29. The molecule has 0 spiro atoms. The SMILES string of the molecule is COC1=CC2=CCC(C)C[C@@H]2CC1. The van der Waals surface area contributed by atoms with E-state index in [2.05, 4.69) is 19.1 Å². The molecule has 1 heteroatoms. The van der Waals surface area contributed by atoms with Crippen molar-refractivity contribution in [3.05, 3.63) is 23.5 Å². The van der Waals surface area contributed by atoms with Gasteiger partial charge < -0.3 is 4.74 Å². The molecule has 2 rings (SSSR count). The van der Waals surface area contributed by atoms with E-state index in [-0.39, 0.29) is 0 Å². The van der Waals surface area contributed by atoms with Crippen molar-refractivity contribution in [1.82, 2.24) is 0 Å². The Morgan fingerprint density at radius 3 is 3.08 bits per heavy atom. The second kappa shape index (κ2) is 3.57. The molecule has 0 saturated carbocycles. The molecule has 1 unspecified atom stereocenters. The molecule has 0 aromatic rings. The lowest BCUT2D eigenvalue weighted by Gasteiger charge is -2.30. The highest BCUT2D eigenvalue weighted by atomic mass is 16.5. The normalized spacial score (nSPS) is 33.1. The van der Waals surface area contributed by atoms with Crippen LogP contribution in [0.1, 0.15) is 32.6 Å². The maximum Gasteiger partial charge on any atom is 0.0958 e. The highest BCUT2D eigenvalue weighted by Crippen LogP contribution is 2.37. The Morgan fingerprint density at radius 1 is 1.46 bits per heavy atom. The number of rotatable bonds is 1. The maximum atomic E-state index is 5.29. The summed E-state index contributed by atoms with van der Waals surface area (Å²) in [4.78, 5) is 0. The molecule has 2 aliphatic carbocycles. The fourth-order valence-electron chi connectivity index (χ4n) is 2.42. The Bertz CT molecular complexity index is 250. The monoisotopic (exact) mass is 178 g/mol. The van der Waals surface area contributed by atoms with Crippen molar-refractivity contribution in [2.75, 3.05) is 7.11 Å². The van der Waals surface area contributed by atoms with Gasteiger partial charge >= 0.3 is 0 Å². The fourth-order valence-corrected chi connectivity index (χ4v) is 2.42. The summed E-state index contributed by atoms with van der Waals surface area (Å²) in [7, 11) is 1.78. The van der Waals surface area contributed by atoms with Crippen molar-refractivity contribution in [3.8, 4) is 0 Å². The minimum absolute atomic E-state index is 0.822. The minimum atomic E-state index is 0.822. The van der Waals surface area contributed by atoms with Crippen LogP contribution < -0.4 is 0 Å². The van der Waals surface area contributed by atoms with Crippen LogP contribution in [0.2, 0.25) is 0 Å². The zero-order valence-corrected chi connectivity index (χ0v) is 8.55. The molecule has 0 aliphatic heterocycles. The van der Waals surface area contributed by atoms with E-state index in [9.17, 15) is 0 Å². The van der Waals surface area contributed by atoms with Gasteiger partial charge in [-0.25, -0.2) is 0 Å². The summed E-state index contributed by atoms with van der Waals surface area (Å²) in [6, 6.07) is 0. The summed E-state index contributed by atoms with van der Waals surface area (Å²) >= 11 is 0. The number of hydrogen-bond donors (Lipinski definition) is 0. The van der Waals surface area contributed by atoms with Crippen molar-refractivity contribution in [1.29, 1.82) is 0 Å². The molecule has 1 nitrogen and oxygen atoms in total. The minimum Gasteiger partial charge on any atom is -0.501 e. The van der Waals surface area contributed by atoms with Gasteiger partial charge in [-0.3, -0.25) is 0 Å². The number of fused-ring (bicyclic) bond motifs is 1. The first-order valence-electron chi connectivity index (χ1n) is 5.24. The zero-order chi connectivity index (χ0) is 9.26. The second-order valence-electron chi connectivity index (χ2n) is 4.33. The van der Waals surface area contributed by atoms with E-state index in [0.717, 1.165) is 24.0 Å². The van der Waals surface area contributed by atoms with E-state index in [1.807, 2.05) is 0 Å². The summed E-state index contributed by atoms with van der Waals surface area (Å²) in [5, 5.41) is 0.